The van der Waals surface area contributed by atoms with E-state index in [9.17, 15) is 0 Å². The van der Waals surface area contributed by atoms with E-state index in [1.54, 1.807) is 14.2 Å². The van der Waals surface area contributed by atoms with Gasteiger partial charge in [0.05, 0.1) is 5.57 Å². The van der Waals surface area contributed by atoms with Gasteiger partial charge in [0.2, 0.25) is 0 Å². The van der Waals surface area contributed by atoms with Crippen LogP contribution >= 0.6 is 53.0 Å². The third-order valence-corrected chi connectivity index (χ3v) is 5.46. The molecule has 0 aromatic heterocycles. The molecule has 2 aromatic carbocycles. The van der Waals surface area contributed by atoms with Crippen LogP contribution in [0.15, 0.2) is 71.8 Å². The fourth-order valence-electron chi connectivity index (χ4n) is 4.58. The number of ether oxygens (including phenoxy) is 1. The number of halogens is 6. The average Bonchev–Trinajstić information content (AvgIpc) is 2.70. The standard InChI is InChI=1S/C22H18O2.6ClH.Sb/c1-23-17-11-12-18(24-2)22-20-15-9-5-3-7-13(15)19(21(17)22)14-8-4-6-10-16(14)20;;;;;;;/h3-12,19-20H,1-2H3;6*1H;/q+1;;;;;;;+5/p-6. The van der Waals surface area contributed by atoms with Gasteiger partial charge in [-0.1, -0.05) is 48.5 Å². The molecule has 0 amide bonds. The quantitative estimate of drug-likeness (QED) is 0.228. The van der Waals surface area contributed by atoms with Crippen molar-refractivity contribution in [2.24, 2.45) is 0 Å². The van der Waals surface area contributed by atoms with Crippen LogP contribution in [0.1, 0.15) is 34.1 Å². The van der Waals surface area contributed by atoms with Crippen LogP contribution in [0.25, 0.3) is 0 Å². The summed E-state index contributed by atoms with van der Waals surface area (Å²) in [4.78, 5) is 0. The van der Waals surface area contributed by atoms with Gasteiger partial charge in [-0.2, -0.15) is 0 Å². The molecule has 6 rings (SSSR count). The normalized spacial score (nSPS) is 25.1. The van der Waals surface area contributed by atoms with Crippen molar-refractivity contribution < 1.29 is 9.16 Å². The maximum absolute atomic E-state index is 5.74. The van der Waals surface area contributed by atoms with Gasteiger partial charge in [-0.05, 0) is 33.9 Å². The molecule has 9 heteroatoms. The number of carbonyl (C=O) groups excluding carboxylic acids is 1. The molecule has 0 heterocycles. The van der Waals surface area contributed by atoms with Crippen molar-refractivity contribution in [1.29, 1.82) is 0 Å². The zero-order valence-corrected chi connectivity index (χ0v) is 23.5. The molecule has 0 unspecified atom stereocenters. The molecule has 2 aromatic rings. The van der Waals surface area contributed by atoms with Crippen molar-refractivity contribution in [3.63, 3.8) is 0 Å². The molecular weight excluding hydrogens is 631 g/mol. The topological polar surface area (TPSA) is 20.5 Å². The molecular formula is C22H18Cl6O2Sb. The van der Waals surface area contributed by atoms with Crippen LogP contribution in [0.3, 0.4) is 0 Å². The fraction of sp³-hybridized carbons (Fsp3) is 0.182. The average molecular weight is 649 g/mol. The first-order chi connectivity index (χ1) is 14.3. The number of allylic oxidation sites excluding steroid dienone is 2. The number of methoxy groups -OCH3 is 1. The Labute approximate surface area is 201 Å². The van der Waals surface area contributed by atoms with Crippen LogP contribution in [0.2, 0.25) is 0 Å². The van der Waals surface area contributed by atoms with Crippen LogP contribution in [0.4, 0.5) is 0 Å². The third kappa shape index (κ3) is 5.28. The second kappa shape index (κ2) is 7.82. The summed E-state index contributed by atoms with van der Waals surface area (Å²) < 4.78 is 11.5. The van der Waals surface area contributed by atoms with E-state index < -0.39 is 9.14 Å². The van der Waals surface area contributed by atoms with Crippen LogP contribution < -0.4 is 0 Å². The summed E-state index contributed by atoms with van der Waals surface area (Å²) in [5.41, 5.74) is 8.08. The van der Waals surface area contributed by atoms with Gasteiger partial charge >= 0.3 is 67.9 Å². The van der Waals surface area contributed by atoms with Crippen molar-refractivity contribution in [3.05, 3.63) is 100 Å². The molecule has 165 valence electrons. The van der Waals surface area contributed by atoms with Gasteiger partial charge in [0, 0.05) is 25.0 Å². The maximum atomic E-state index is 5.74. The minimum absolute atomic E-state index is 0.211. The second-order valence-electron chi connectivity index (χ2n) is 7.38. The Morgan fingerprint density at radius 1 is 0.710 bits per heavy atom. The third-order valence-electron chi connectivity index (χ3n) is 5.46. The van der Waals surface area contributed by atoms with Gasteiger partial charge in [-0.15, -0.1) is 0 Å². The van der Waals surface area contributed by atoms with Crippen LogP contribution in [0.5, 0.6) is 0 Å². The van der Waals surface area contributed by atoms with Crippen molar-refractivity contribution >= 4 is 67.9 Å². The molecule has 31 heavy (non-hydrogen) atoms. The molecule has 2 nitrogen and oxygen atoms in total. The molecule has 0 saturated heterocycles. The number of hydrogen-bond donors (Lipinski definition) is 0. The van der Waals surface area contributed by atoms with E-state index in [-0.39, 0.29) is 11.8 Å². The SMILES string of the molecule is CO[C]1C=CC(=[O+]C)C2=C1C1c3ccccc3C2c2ccccc21.[Cl][Sb-]([Cl])([Cl])([Cl])([Cl])[Cl]. The predicted octanol–water partition coefficient (Wildman–Crippen LogP) is 7.81. The van der Waals surface area contributed by atoms with Crippen molar-refractivity contribution in [2.45, 2.75) is 11.8 Å². The van der Waals surface area contributed by atoms with Gasteiger partial charge in [0.1, 0.15) is 6.10 Å². The van der Waals surface area contributed by atoms with Crippen molar-refractivity contribution in [1.82, 2.24) is 0 Å². The number of rotatable bonds is 1. The van der Waals surface area contributed by atoms with Gasteiger partial charge in [-0.3, -0.25) is 4.42 Å². The Morgan fingerprint density at radius 3 is 1.45 bits per heavy atom. The van der Waals surface area contributed by atoms with E-state index in [0.29, 0.717) is 0 Å². The van der Waals surface area contributed by atoms with Crippen LogP contribution in [0, 0.1) is 6.10 Å². The summed E-state index contributed by atoms with van der Waals surface area (Å²) in [6.45, 7) is 0. The van der Waals surface area contributed by atoms with E-state index in [1.807, 2.05) is 12.2 Å². The molecule has 0 N–H and O–H groups in total. The summed E-state index contributed by atoms with van der Waals surface area (Å²) in [7, 11) is 28.5. The minimum atomic E-state index is -5.42. The first-order valence-corrected chi connectivity index (χ1v) is 28.7. The van der Waals surface area contributed by atoms with E-state index in [2.05, 4.69) is 48.5 Å². The zero-order chi connectivity index (χ0) is 22.7. The molecule has 4 aliphatic rings. The zero-order valence-electron chi connectivity index (χ0n) is 16.5. The molecule has 2 bridgehead atoms. The van der Waals surface area contributed by atoms with E-state index in [1.165, 1.54) is 33.4 Å². The van der Waals surface area contributed by atoms with Gasteiger partial charge in [0.25, 0.3) is 7.11 Å². The summed E-state index contributed by atoms with van der Waals surface area (Å²) in [5.74, 6) is 1.37. The monoisotopic (exact) mass is 645 g/mol. The second-order valence-corrected chi connectivity index (χ2v) is 64.3. The van der Waals surface area contributed by atoms with E-state index in [4.69, 9.17) is 62.1 Å². The van der Waals surface area contributed by atoms with Crippen LogP contribution in [-0.4, -0.2) is 29.1 Å². The Balaban J connectivity index is 0.000000289. The summed E-state index contributed by atoms with van der Waals surface area (Å²) in [5, 5.41) is 0. The Bertz CT molecular complexity index is 1090. The van der Waals surface area contributed by atoms with Gasteiger partial charge in [-0.25, -0.2) is 0 Å². The molecule has 0 fully saturated rings. The molecule has 0 atom stereocenters. The Hall–Kier alpha value is 0.108. The summed E-state index contributed by atoms with van der Waals surface area (Å²) in [6.07, 6.45) is 5.01. The molecule has 0 aliphatic heterocycles. The van der Waals surface area contributed by atoms with Crippen molar-refractivity contribution in [3.8, 4) is 0 Å². The number of ketones is 1. The number of hydrogen-bond acceptors (Lipinski definition) is 1. The van der Waals surface area contributed by atoms with Crippen molar-refractivity contribution in [2.75, 3.05) is 14.2 Å². The molecule has 1 radical (unpaired) electrons. The number of benzene rings is 2. The van der Waals surface area contributed by atoms with E-state index >= 15 is 0 Å². The first-order valence-electron chi connectivity index (χ1n) is 9.29. The van der Waals surface area contributed by atoms with E-state index in [0.717, 1.165) is 11.9 Å². The first kappa shape index (κ1) is 24.2. The van der Waals surface area contributed by atoms with Crippen LogP contribution in [-0.2, 0) is 9.16 Å². The Kier molecular flexibility index (Phi) is 6.12. The fourth-order valence-corrected chi connectivity index (χ4v) is 4.58. The van der Waals surface area contributed by atoms with Gasteiger partial charge in [0.15, 0.2) is 0 Å². The summed E-state index contributed by atoms with van der Waals surface area (Å²) >= 11 is 0. The molecule has 4 aliphatic carbocycles. The molecule has 0 saturated carbocycles. The Morgan fingerprint density at radius 2 is 1.10 bits per heavy atom. The molecule has 0 spiro atoms. The van der Waals surface area contributed by atoms with Gasteiger partial charge < -0.3 is 4.74 Å². The predicted molar refractivity (Wildman–Crippen MR) is 135 cm³/mol. The summed E-state index contributed by atoms with van der Waals surface area (Å²) in [6, 6.07) is 17.6.